The summed E-state index contributed by atoms with van der Waals surface area (Å²) in [6, 6.07) is 4.74. The third kappa shape index (κ3) is 5.14. The van der Waals surface area contributed by atoms with Gasteiger partial charge < -0.3 is 14.8 Å². The molecule has 0 bridgehead atoms. The number of piperazine rings is 1. The molecule has 2 saturated heterocycles. The van der Waals surface area contributed by atoms with Crippen molar-refractivity contribution >= 4 is 24.0 Å². The van der Waals surface area contributed by atoms with Crippen molar-refractivity contribution in [2.45, 2.75) is 25.9 Å². The van der Waals surface area contributed by atoms with Crippen molar-refractivity contribution in [3.8, 4) is 11.5 Å². The second-order valence-electron chi connectivity index (χ2n) is 6.51. The third-order valence-corrected chi connectivity index (χ3v) is 5.18. The Morgan fingerprint density at radius 1 is 1.24 bits per heavy atom. The van der Waals surface area contributed by atoms with E-state index < -0.39 is 0 Å². The molecule has 2 aliphatic rings. The number of likely N-dealkylation sites (tertiary alicyclic amines) is 1. The molecule has 0 aromatic heterocycles. The van der Waals surface area contributed by atoms with Crippen LogP contribution in [0.15, 0.2) is 12.1 Å². The Morgan fingerprint density at radius 3 is 2.68 bits per heavy atom. The number of nitrogens with one attached hydrogen (secondary N) is 1. The second-order valence-corrected chi connectivity index (χ2v) is 6.91. The van der Waals surface area contributed by atoms with E-state index in [0.29, 0.717) is 23.4 Å². The van der Waals surface area contributed by atoms with E-state index in [9.17, 15) is 0 Å². The van der Waals surface area contributed by atoms with Crippen molar-refractivity contribution in [3.05, 3.63) is 22.7 Å². The summed E-state index contributed by atoms with van der Waals surface area (Å²) >= 11 is 6.39. The Hall–Kier alpha value is -0.720. The fourth-order valence-electron chi connectivity index (χ4n) is 3.71. The molecule has 0 aliphatic carbocycles. The number of hydrogen-bond acceptors (Lipinski definition) is 5. The third-order valence-electron chi connectivity index (χ3n) is 4.90. The van der Waals surface area contributed by atoms with Crippen LogP contribution in [-0.4, -0.2) is 68.8 Å². The Balaban J connectivity index is 0.00000225. The van der Waals surface area contributed by atoms with Crippen LogP contribution in [0.1, 0.15) is 18.9 Å². The predicted octanol–water partition coefficient (Wildman–Crippen LogP) is 2.65. The van der Waals surface area contributed by atoms with Crippen molar-refractivity contribution in [2.75, 3.05) is 53.0 Å². The summed E-state index contributed by atoms with van der Waals surface area (Å²) in [6.07, 6.45) is 1.25. The normalized spacial score (nSPS) is 21.8. The topological polar surface area (TPSA) is 37.0 Å². The summed E-state index contributed by atoms with van der Waals surface area (Å²) in [5, 5.41) is 4.06. The van der Waals surface area contributed by atoms with Crippen LogP contribution in [-0.2, 0) is 6.54 Å². The van der Waals surface area contributed by atoms with Gasteiger partial charge in [-0.2, -0.15) is 0 Å². The van der Waals surface area contributed by atoms with Gasteiger partial charge in [-0.05, 0) is 31.0 Å². The van der Waals surface area contributed by atoms with Gasteiger partial charge >= 0.3 is 0 Å². The van der Waals surface area contributed by atoms with Gasteiger partial charge in [0, 0.05) is 51.9 Å². The SMILES string of the molecule is CCOc1c(Cl)cc(CN2CCC(N3CCNCC3)C2)cc1OC.Cl. The smallest absolute Gasteiger partial charge is 0.179 e. The highest BCUT2D eigenvalue weighted by Gasteiger charge is 2.28. The van der Waals surface area contributed by atoms with Gasteiger partial charge in [0.1, 0.15) is 0 Å². The molecule has 25 heavy (non-hydrogen) atoms. The zero-order chi connectivity index (χ0) is 16.9. The standard InChI is InChI=1S/C18H28ClN3O2.ClH/c1-3-24-18-16(19)10-14(11-17(18)23-2)12-21-7-4-15(13-21)22-8-5-20-6-9-22;/h10-11,15,20H,3-9,12-13H2,1-2H3;1H. The van der Waals surface area contributed by atoms with Gasteiger partial charge in [0.25, 0.3) is 0 Å². The molecule has 7 heteroatoms. The van der Waals surface area contributed by atoms with E-state index in [-0.39, 0.29) is 12.4 Å². The molecule has 1 unspecified atom stereocenters. The van der Waals surface area contributed by atoms with Crippen LogP contribution in [0.25, 0.3) is 0 Å². The van der Waals surface area contributed by atoms with Crippen LogP contribution < -0.4 is 14.8 Å². The Morgan fingerprint density at radius 2 is 2.00 bits per heavy atom. The maximum absolute atomic E-state index is 6.39. The van der Waals surface area contributed by atoms with E-state index in [1.54, 1.807) is 7.11 Å². The average molecular weight is 390 g/mol. The summed E-state index contributed by atoms with van der Waals surface area (Å²) in [5.41, 5.74) is 1.18. The summed E-state index contributed by atoms with van der Waals surface area (Å²) in [4.78, 5) is 5.14. The highest BCUT2D eigenvalue weighted by Crippen LogP contribution is 2.37. The molecule has 0 spiro atoms. The first-order valence-corrected chi connectivity index (χ1v) is 9.25. The van der Waals surface area contributed by atoms with E-state index in [0.717, 1.165) is 38.5 Å². The lowest BCUT2D eigenvalue weighted by molar-refractivity contribution is 0.170. The fraction of sp³-hybridized carbons (Fsp3) is 0.667. The van der Waals surface area contributed by atoms with Gasteiger partial charge in [0.2, 0.25) is 0 Å². The molecule has 2 fully saturated rings. The van der Waals surface area contributed by atoms with E-state index in [1.165, 1.54) is 25.1 Å². The zero-order valence-corrected chi connectivity index (χ0v) is 16.7. The van der Waals surface area contributed by atoms with Crippen LogP contribution in [0.4, 0.5) is 0 Å². The molecule has 0 radical (unpaired) electrons. The second kappa shape index (κ2) is 9.83. The van der Waals surface area contributed by atoms with Crippen LogP contribution >= 0.6 is 24.0 Å². The maximum atomic E-state index is 6.39. The van der Waals surface area contributed by atoms with Crippen molar-refractivity contribution < 1.29 is 9.47 Å². The minimum absolute atomic E-state index is 0. The number of methoxy groups -OCH3 is 1. The highest BCUT2D eigenvalue weighted by molar-refractivity contribution is 6.32. The number of hydrogen-bond donors (Lipinski definition) is 1. The van der Waals surface area contributed by atoms with E-state index in [1.807, 2.05) is 13.0 Å². The maximum Gasteiger partial charge on any atom is 0.179 e. The van der Waals surface area contributed by atoms with E-state index in [4.69, 9.17) is 21.1 Å². The van der Waals surface area contributed by atoms with Crippen molar-refractivity contribution in [1.82, 2.24) is 15.1 Å². The summed E-state index contributed by atoms with van der Waals surface area (Å²) in [7, 11) is 1.66. The van der Waals surface area contributed by atoms with Crippen molar-refractivity contribution in [2.24, 2.45) is 0 Å². The van der Waals surface area contributed by atoms with Gasteiger partial charge in [-0.1, -0.05) is 11.6 Å². The largest absolute Gasteiger partial charge is 0.493 e. The first kappa shape index (κ1) is 20.6. The zero-order valence-electron chi connectivity index (χ0n) is 15.1. The Kier molecular flexibility index (Phi) is 8.10. The number of nitrogens with zero attached hydrogens (tertiary/aromatic N) is 2. The molecule has 3 rings (SSSR count). The molecule has 2 heterocycles. The molecule has 1 atom stereocenters. The molecular weight excluding hydrogens is 361 g/mol. The summed E-state index contributed by atoms with van der Waals surface area (Å²) in [6.45, 7) is 10.3. The molecule has 1 aromatic rings. The quantitative estimate of drug-likeness (QED) is 0.809. The molecule has 1 aromatic carbocycles. The number of halogens is 2. The highest BCUT2D eigenvalue weighted by atomic mass is 35.5. The van der Waals surface area contributed by atoms with Crippen molar-refractivity contribution in [3.63, 3.8) is 0 Å². The summed E-state index contributed by atoms with van der Waals surface area (Å²) < 4.78 is 11.1. The fourth-order valence-corrected chi connectivity index (χ4v) is 4.00. The summed E-state index contributed by atoms with van der Waals surface area (Å²) in [5.74, 6) is 1.36. The van der Waals surface area contributed by atoms with Gasteiger partial charge in [-0.15, -0.1) is 12.4 Å². The Bertz CT molecular complexity index is 553. The monoisotopic (exact) mass is 389 g/mol. The van der Waals surface area contributed by atoms with Crippen LogP contribution in [0.3, 0.4) is 0 Å². The lowest BCUT2D eigenvalue weighted by atomic mass is 10.2. The average Bonchev–Trinajstić information content (AvgIpc) is 3.06. The van der Waals surface area contributed by atoms with Crippen LogP contribution in [0.2, 0.25) is 5.02 Å². The number of benzene rings is 1. The first-order valence-electron chi connectivity index (χ1n) is 8.87. The minimum atomic E-state index is 0. The number of rotatable bonds is 6. The van der Waals surface area contributed by atoms with Gasteiger partial charge in [-0.3, -0.25) is 9.80 Å². The van der Waals surface area contributed by atoms with Crippen LogP contribution in [0, 0.1) is 0 Å². The Labute approximate surface area is 162 Å². The van der Waals surface area contributed by atoms with E-state index >= 15 is 0 Å². The first-order chi connectivity index (χ1) is 11.7. The molecule has 5 nitrogen and oxygen atoms in total. The van der Waals surface area contributed by atoms with Gasteiger partial charge in [0.05, 0.1) is 18.7 Å². The molecular formula is C18H29Cl2N3O2. The molecule has 142 valence electrons. The molecule has 2 aliphatic heterocycles. The molecule has 0 amide bonds. The van der Waals surface area contributed by atoms with Gasteiger partial charge in [0.15, 0.2) is 11.5 Å². The van der Waals surface area contributed by atoms with Crippen LogP contribution in [0.5, 0.6) is 11.5 Å². The van der Waals surface area contributed by atoms with Crippen molar-refractivity contribution in [1.29, 1.82) is 0 Å². The lowest BCUT2D eigenvalue weighted by Crippen LogP contribution is -2.49. The molecule has 0 saturated carbocycles. The lowest BCUT2D eigenvalue weighted by Gasteiger charge is -2.32. The van der Waals surface area contributed by atoms with Gasteiger partial charge in [-0.25, -0.2) is 0 Å². The molecule has 1 N–H and O–H groups in total. The number of ether oxygens (including phenoxy) is 2. The minimum Gasteiger partial charge on any atom is -0.493 e. The van der Waals surface area contributed by atoms with E-state index in [2.05, 4.69) is 21.2 Å². The predicted molar refractivity (Wildman–Crippen MR) is 105 cm³/mol.